The van der Waals surface area contributed by atoms with E-state index in [1.54, 1.807) is 0 Å². The van der Waals surface area contributed by atoms with Gasteiger partial charge in [-0.1, -0.05) is 20.8 Å². The van der Waals surface area contributed by atoms with Gasteiger partial charge in [-0.3, -0.25) is 4.79 Å². The number of carbonyl (C=O) groups is 1. The smallest absolute Gasteiger partial charge is 0.227 e. The lowest BCUT2D eigenvalue weighted by Crippen LogP contribution is -2.64. The molecule has 0 aromatic heterocycles. The van der Waals surface area contributed by atoms with Crippen molar-refractivity contribution in [3.8, 4) is 0 Å². The fourth-order valence-corrected chi connectivity index (χ4v) is 3.64. The van der Waals surface area contributed by atoms with Crippen LogP contribution in [0.5, 0.6) is 0 Å². The number of rotatable bonds is 6. The molecule has 0 aromatic rings. The first kappa shape index (κ1) is 18.7. The van der Waals surface area contributed by atoms with Crippen LogP contribution in [0.25, 0.3) is 0 Å². The van der Waals surface area contributed by atoms with Gasteiger partial charge in [0.25, 0.3) is 0 Å². The maximum atomic E-state index is 12.8. The molecule has 3 atom stereocenters. The van der Waals surface area contributed by atoms with Gasteiger partial charge < -0.3 is 15.0 Å². The van der Waals surface area contributed by atoms with Gasteiger partial charge in [-0.05, 0) is 32.7 Å². The summed E-state index contributed by atoms with van der Waals surface area (Å²) in [5.41, 5.74) is 0.0763. The van der Waals surface area contributed by atoms with Crippen LogP contribution < -0.4 is 5.32 Å². The van der Waals surface area contributed by atoms with Gasteiger partial charge >= 0.3 is 0 Å². The van der Waals surface area contributed by atoms with E-state index in [2.05, 4.69) is 31.0 Å². The molecule has 2 fully saturated rings. The van der Waals surface area contributed by atoms with Gasteiger partial charge in [0.2, 0.25) is 5.91 Å². The summed E-state index contributed by atoms with van der Waals surface area (Å²) in [4.78, 5) is 14.9. The SMILES string of the molecule is CCCN(C(=O)C1CCNC1)C1CC(OCC)C1(C)C.Cl. The van der Waals surface area contributed by atoms with Crippen LogP contribution in [0.2, 0.25) is 0 Å². The van der Waals surface area contributed by atoms with Gasteiger partial charge in [-0.25, -0.2) is 0 Å². The minimum atomic E-state index is 0. The van der Waals surface area contributed by atoms with Crippen molar-refractivity contribution in [2.45, 2.75) is 59.1 Å². The van der Waals surface area contributed by atoms with Crippen molar-refractivity contribution in [1.82, 2.24) is 10.2 Å². The number of hydrogen-bond acceptors (Lipinski definition) is 3. The molecule has 0 bridgehead atoms. The minimum absolute atomic E-state index is 0. The van der Waals surface area contributed by atoms with Crippen LogP contribution in [-0.4, -0.2) is 49.2 Å². The third-order valence-corrected chi connectivity index (χ3v) is 5.03. The van der Waals surface area contributed by atoms with Crippen LogP contribution in [0.4, 0.5) is 0 Å². The van der Waals surface area contributed by atoms with Gasteiger partial charge in [0.15, 0.2) is 0 Å². The lowest BCUT2D eigenvalue weighted by Gasteiger charge is -2.56. The van der Waals surface area contributed by atoms with E-state index in [-0.39, 0.29) is 23.7 Å². The second-order valence-corrected chi connectivity index (χ2v) is 6.74. The zero-order chi connectivity index (χ0) is 14.8. The highest BCUT2D eigenvalue weighted by atomic mass is 35.5. The van der Waals surface area contributed by atoms with E-state index in [0.29, 0.717) is 18.1 Å². The summed E-state index contributed by atoms with van der Waals surface area (Å²) >= 11 is 0. The Kier molecular flexibility index (Phi) is 6.95. The third-order valence-electron chi connectivity index (χ3n) is 5.03. The first-order chi connectivity index (χ1) is 9.52. The molecule has 1 saturated heterocycles. The number of ether oxygens (including phenoxy) is 1. The minimum Gasteiger partial charge on any atom is -0.378 e. The van der Waals surface area contributed by atoms with Crippen LogP contribution >= 0.6 is 12.4 Å². The molecule has 5 heteroatoms. The van der Waals surface area contributed by atoms with Gasteiger partial charge in [-0.2, -0.15) is 0 Å². The fraction of sp³-hybridized carbons (Fsp3) is 0.938. The molecule has 1 aliphatic carbocycles. The summed E-state index contributed by atoms with van der Waals surface area (Å²) in [5.74, 6) is 0.536. The molecular weight excluding hydrogens is 288 g/mol. The molecule has 0 spiro atoms. The van der Waals surface area contributed by atoms with E-state index in [1.807, 2.05) is 6.92 Å². The van der Waals surface area contributed by atoms with Crippen molar-refractivity contribution in [2.75, 3.05) is 26.2 Å². The van der Waals surface area contributed by atoms with E-state index in [1.165, 1.54) is 0 Å². The van der Waals surface area contributed by atoms with E-state index in [9.17, 15) is 4.79 Å². The monoisotopic (exact) mass is 318 g/mol. The van der Waals surface area contributed by atoms with Crippen molar-refractivity contribution in [3.05, 3.63) is 0 Å². The van der Waals surface area contributed by atoms with Crippen LogP contribution in [0, 0.1) is 11.3 Å². The van der Waals surface area contributed by atoms with Crippen molar-refractivity contribution in [3.63, 3.8) is 0 Å². The number of halogens is 1. The molecule has 2 rings (SSSR count). The average Bonchev–Trinajstić information content (AvgIpc) is 2.94. The second-order valence-electron chi connectivity index (χ2n) is 6.74. The number of nitrogens with zero attached hydrogens (tertiary/aromatic N) is 1. The van der Waals surface area contributed by atoms with Crippen molar-refractivity contribution < 1.29 is 9.53 Å². The topological polar surface area (TPSA) is 41.6 Å². The normalized spacial score (nSPS) is 30.4. The van der Waals surface area contributed by atoms with Crippen LogP contribution in [-0.2, 0) is 9.53 Å². The Morgan fingerprint density at radius 1 is 1.38 bits per heavy atom. The highest BCUT2D eigenvalue weighted by Crippen LogP contribution is 2.46. The number of carbonyl (C=O) groups excluding carboxylic acids is 1. The molecule has 21 heavy (non-hydrogen) atoms. The van der Waals surface area contributed by atoms with Crippen LogP contribution in [0.3, 0.4) is 0 Å². The largest absolute Gasteiger partial charge is 0.378 e. The Balaban J connectivity index is 0.00000220. The lowest BCUT2D eigenvalue weighted by atomic mass is 9.63. The molecule has 124 valence electrons. The predicted molar refractivity (Wildman–Crippen MR) is 87.8 cm³/mol. The molecule has 1 amide bonds. The summed E-state index contributed by atoms with van der Waals surface area (Å²) in [6.07, 6.45) is 3.30. The first-order valence-electron chi connectivity index (χ1n) is 8.15. The Morgan fingerprint density at radius 3 is 2.57 bits per heavy atom. The molecule has 4 nitrogen and oxygen atoms in total. The summed E-state index contributed by atoms with van der Waals surface area (Å²) in [6.45, 7) is 12.1. The van der Waals surface area contributed by atoms with E-state index in [0.717, 1.165) is 45.5 Å². The zero-order valence-electron chi connectivity index (χ0n) is 13.9. The number of amides is 1. The first-order valence-corrected chi connectivity index (χ1v) is 8.15. The van der Waals surface area contributed by atoms with E-state index in [4.69, 9.17) is 4.74 Å². The molecule has 0 aromatic carbocycles. The Hall–Kier alpha value is -0.320. The molecule has 2 aliphatic rings. The number of nitrogens with one attached hydrogen (secondary N) is 1. The maximum absolute atomic E-state index is 12.8. The van der Waals surface area contributed by atoms with Crippen LogP contribution in [0.1, 0.15) is 47.0 Å². The van der Waals surface area contributed by atoms with E-state index < -0.39 is 0 Å². The predicted octanol–water partition coefficient (Wildman–Crippen LogP) is 2.46. The van der Waals surface area contributed by atoms with Crippen molar-refractivity contribution in [2.24, 2.45) is 11.3 Å². The third kappa shape index (κ3) is 3.72. The average molecular weight is 319 g/mol. The van der Waals surface area contributed by atoms with Gasteiger partial charge in [0.05, 0.1) is 12.0 Å². The summed E-state index contributed by atoms with van der Waals surface area (Å²) in [6, 6.07) is 0.340. The molecule has 3 unspecified atom stereocenters. The highest BCUT2D eigenvalue weighted by Gasteiger charge is 2.53. The summed E-state index contributed by atoms with van der Waals surface area (Å²) < 4.78 is 5.81. The molecule has 0 radical (unpaired) electrons. The Labute approximate surface area is 135 Å². The maximum Gasteiger partial charge on any atom is 0.227 e. The molecular formula is C16H31ClN2O2. The van der Waals surface area contributed by atoms with Gasteiger partial charge in [0.1, 0.15) is 0 Å². The van der Waals surface area contributed by atoms with Crippen molar-refractivity contribution in [1.29, 1.82) is 0 Å². The fourth-order valence-electron chi connectivity index (χ4n) is 3.64. The number of hydrogen-bond donors (Lipinski definition) is 1. The second kappa shape index (κ2) is 7.80. The quantitative estimate of drug-likeness (QED) is 0.818. The molecule has 1 N–H and O–H groups in total. The van der Waals surface area contributed by atoms with Gasteiger partial charge in [0, 0.05) is 31.2 Å². The molecule has 1 saturated carbocycles. The lowest BCUT2D eigenvalue weighted by molar-refractivity contribution is -0.169. The highest BCUT2D eigenvalue weighted by molar-refractivity contribution is 5.85. The zero-order valence-corrected chi connectivity index (χ0v) is 14.7. The summed E-state index contributed by atoms with van der Waals surface area (Å²) in [7, 11) is 0. The molecule has 1 heterocycles. The van der Waals surface area contributed by atoms with Crippen molar-refractivity contribution >= 4 is 18.3 Å². The molecule has 1 aliphatic heterocycles. The van der Waals surface area contributed by atoms with Crippen LogP contribution in [0.15, 0.2) is 0 Å². The Bertz CT molecular complexity index is 343. The standard InChI is InChI=1S/C16H30N2O2.ClH/c1-5-9-18(15(19)12-7-8-17-11-12)13-10-14(20-6-2)16(13,3)4;/h12-14,17H,5-11H2,1-4H3;1H. The Morgan fingerprint density at radius 2 is 2.10 bits per heavy atom. The summed E-state index contributed by atoms with van der Waals surface area (Å²) in [5, 5.41) is 3.30. The van der Waals surface area contributed by atoms with E-state index >= 15 is 0 Å². The van der Waals surface area contributed by atoms with Gasteiger partial charge in [-0.15, -0.1) is 12.4 Å².